The van der Waals surface area contributed by atoms with Gasteiger partial charge in [0.25, 0.3) is 0 Å². The third-order valence-corrected chi connectivity index (χ3v) is 3.94. The van der Waals surface area contributed by atoms with E-state index in [2.05, 4.69) is 34.7 Å². The van der Waals surface area contributed by atoms with Crippen molar-refractivity contribution in [2.75, 3.05) is 13.6 Å². The minimum Gasteiger partial charge on any atom is -1.00 e. The van der Waals surface area contributed by atoms with Crippen LogP contribution in [0, 0.1) is 0 Å². The van der Waals surface area contributed by atoms with Gasteiger partial charge in [0, 0.05) is 5.56 Å². The molecule has 0 saturated heterocycles. The van der Waals surface area contributed by atoms with Crippen LogP contribution in [0.4, 0.5) is 0 Å². The van der Waals surface area contributed by atoms with Crippen LogP contribution >= 0.6 is 0 Å². The van der Waals surface area contributed by atoms with Crippen LogP contribution in [0.1, 0.15) is 38.1 Å². The summed E-state index contributed by atoms with van der Waals surface area (Å²) < 4.78 is 0.785. The molecule has 1 aromatic rings. The molecule has 0 N–H and O–H groups in total. The minimum absolute atomic E-state index is 0. The zero-order valence-electron chi connectivity index (χ0n) is 12.0. The average molecular weight is 270 g/mol. The van der Waals surface area contributed by atoms with Crippen LogP contribution in [0.5, 0.6) is 0 Å². The Bertz CT molecular complexity index is 365. The van der Waals surface area contributed by atoms with E-state index in [0.717, 1.165) is 10.0 Å². The molecule has 1 rings (SSSR count). The molecule has 0 aliphatic carbocycles. The summed E-state index contributed by atoms with van der Waals surface area (Å²) in [6, 6.07) is 10.5. The molecule has 0 amide bonds. The first kappa shape index (κ1) is 17.1. The van der Waals surface area contributed by atoms with E-state index in [-0.39, 0.29) is 18.2 Å². The number of halogens is 1. The first-order chi connectivity index (χ1) is 7.88. The van der Waals surface area contributed by atoms with E-state index in [1.807, 2.05) is 30.3 Å². The van der Waals surface area contributed by atoms with Gasteiger partial charge in [-0.2, -0.15) is 0 Å². The SMILES string of the molecule is CC(C)[N+](C)(CC(=O)c1ccccc1)C(C)C.[Cl-]. The lowest BCUT2D eigenvalue weighted by atomic mass is 10.1. The number of ketones is 1. The summed E-state index contributed by atoms with van der Waals surface area (Å²) in [4.78, 5) is 12.3. The summed E-state index contributed by atoms with van der Waals surface area (Å²) >= 11 is 0. The highest BCUT2D eigenvalue weighted by atomic mass is 35.5. The van der Waals surface area contributed by atoms with Crippen molar-refractivity contribution in [2.24, 2.45) is 0 Å². The average Bonchev–Trinajstić information content (AvgIpc) is 2.29. The summed E-state index contributed by atoms with van der Waals surface area (Å²) in [7, 11) is 2.16. The minimum atomic E-state index is 0. The summed E-state index contributed by atoms with van der Waals surface area (Å²) in [6.45, 7) is 9.28. The normalized spacial score (nSPS) is 11.5. The van der Waals surface area contributed by atoms with Crippen LogP contribution in [-0.2, 0) is 0 Å². The van der Waals surface area contributed by atoms with Crippen LogP contribution < -0.4 is 12.4 Å². The third-order valence-electron chi connectivity index (χ3n) is 3.94. The highest BCUT2D eigenvalue weighted by Crippen LogP contribution is 2.17. The van der Waals surface area contributed by atoms with E-state index in [1.54, 1.807) is 0 Å². The van der Waals surface area contributed by atoms with E-state index in [9.17, 15) is 4.79 Å². The summed E-state index contributed by atoms with van der Waals surface area (Å²) in [6.07, 6.45) is 0. The lowest BCUT2D eigenvalue weighted by molar-refractivity contribution is -0.941. The van der Waals surface area contributed by atoms with Crippen molar-refractivity contribution in [3.05, 3.63) is 35.9 Å². The molecular formula is C15H24ClNO. The Balaban J connectivity index is 0.00000289. The Kier molecular flexibility index (Phi) is 6.58. The van der Waals surface area contributed by atoms with Crippen LogP contribution in [0.25, 0.3) is 0 Å². The molecule has 0 heterocycles. The Morgan fingerprint density at radius 1 is 1.06 bits per heavy atom. The zero-order chi connectivity index (χ0) is 13.1. The maximum Gasteiger partial charge on any atom is 0.216 e. The predicted molar refractivity (Wildman–Crippen MR) is 72.1 cm³/mol. The van der Waals surface area contributed by atoms with E-state index in [1.165, 1.54) is 0 Å². The maximum atomic E-state index is 12.3. The van der Waals surface area contributed by atoms with Gasteiger partial charge in [0.1, 0.15) is 6.54 Å². The highest BCUT2D eigenvalue weighted by molar-refractivity contribution is 5.96. The van der Waals surface area contributed by atoms with Gasteiger partial charge in [-0.05, 0) is 27.7 Å². The number of benzene rings is 1. The van der Waals surface area contributed by atoms with Crippen molar-refractivity contribution < 1.29 is 21.7 Å². The number of hydrogen-bond acceptors (Lipinski definition) is 1. The topological polar surface area (TPSA) is 17.1 Å². The molecule has 3 heteroatoms. The lowest BCUT2D eigenvalue weighted by Crippen LogP contribution is -3.00. The largest absolute Gasteiger partial charge is 1.00 e. The molecule has 0 aliphatic rings. The summed E-state index contributed by atoms with van der Waals surface area (Å²) in [5, 5.41) is 0. The van der Waals surface area contributed by atoms with Gasteiger partial charge in [0.05, 0.1) is 19.1 Å². The molecule has 18 heavy (non-hydrogen) atoms. The molecule has 0 spiro atoms. The molecule has 0 unspecified atom stereocenters. The standard InChI is InChI=1S/C15H24NO.ClH/c1-12(2)16(5,13(3)4)11-15(17)14-9-7-6-8-10-14;/h6-10,12-13H,11H2,1-5H3;1H/q+1;/p-1. The fourth-order valence-corrected chi connectivity index (χ4v) is 1.99. The lowest BCUT2D eigenvalue weighted by Gasteiger charge is -2.41. The molecule has 2 nitrogen and oxygen atoms in total. The van der Waals surface area contributed by atoms with Gasteiger partial charge >= 0.3 is 0 Å². The van der Waals surface area contributed by atoms with Gasteiger partial charge in [-0.15, -0.1) is 0 Å². The number of carbonyl (C=O) groups excluding carboxylic acids is 1. The van der Waals surface area contributed by atoms with Crippen molar-refractivity contribution in [1.82, 2.24) is 0 Å². The second-order valence-electron chi connectivity index (χ2n) is 5.48. The number of hydrogen-bond donors (Lipinski definition) is 0. The molecule has 0 aromatic heterocycles. The molecule has 0 atom stereocenters. The van der Waals surface area contributed by atoms with E-state index < -0.39 is 0 Å². The van der Waals surface area contributed by atoms with Gasteiger partial charge in [0.15, 0.2) is 0 Å². The number of nitrogens with zero attached hydrogens (tertiary/aromatic N) is 1. The van der Waals surface area contributed by atoms with Gasteiger partial charge in [0.2, 0.25) is 5.78 Å². The van der Waals surface area contributed by atoms with Gasteiger partial charge in [-0.1, -0.05) is 30.3 Å². The van der Waals surface area contributed by atoms with E-state index >= 15 is 0 Å². The fourth-order valence-electron chi connectivity index (χ4n) is 1.99. The Hall–Kier alpha value is -0.860. The maximum absolute atomic E-state index is 12.3. The summed E-state index contributed by atoms with van der Waals surface area (Å²) in [5.41, 5.74) is 0.818. The molecular weight excluding hydrogens is 246 g/mol. The van der Waals surface area contributed by atoms with E-state index in [4.69, 9.17) is 0 Å². The Morgan fingerprint density at radius 2 is 1.50 bits per heavy atom. The fraction of sp³-hybridized carbons (Fsp3) is 0.533. The van der Waals surface area contributed by atoms with Crippen molar-refractivity contribution in [1.29, 1.82) is 0 Å². The van der Waals surface area contributed by atoms with Crippen molar-refractivity contribution in [3.63, 3.8) is 0 Å². The number of Topliss-reactive ketones (excluding diaryl/α,β-unsaturated/α-hetero) is 1. The van der Waals surface area contributed by atoms with Crippen molar-refractivity contribution in [3.8, 4) is 0 Å². The molecule has 0 bridgehead atoms. The van der Waals surface area contributed by atoms with Gasteiger partial charge in [-0.25, -0.2) is 0 Å². The van der Waals surface area contributed by atoms with Crippen LogP contribution in [0.3, 0.4) is 0 Å². The van der Waals surface area contributed by atoms with Crippen molar-refractivity contribution in [2.45, 2.75) is 39.8 Å². The zero-order valence-corrected chi connectivity index (χ0v) is 12.7. The number of likely N-dealkylation sites (N-methyl/N-ethyl adjacent to an activating group) is 1. The Morgan fingerprint density at radius 3 is 1.89 bits per heavy atom. The quantitative estimate of drug-likeness (QED) is 0.549. The van der Waals surface area contributed by atoms with Crippen LogP contribution in [-0.4, -0.2) is 35.9 Å². The number of quaternary nitrogens is 1. The second kappa shape index (κ2) is 6.91. The van der Waals surface area contributed by atoms with E-state index in [0.29, 0.717) is 18.6 Å². The number of rotatable bonds is 5. The van der Waals surface area contributed by atoms with Gasteiger partial charge < -0.3 is 16.9 Å². The van der Waals surface area contributed by atoms with Crippen molar-refractivity contribution >= 4 is 5.78 Å². The molecule has 0 fully saturated rings. The first-order valence-corrected chi connectivity index (χ1v) is 6.31. The third kappa shape index (κ3) is 3.82. The smallest absolute Gasteiger partial charge is 0.216 e. The highest BCUT2D eigenvalue weighted by Gasteiger charge is 2.32. The van der Waals surface area contributed by atoms with Crippen LogP contribution in [0.2, 0.25) is 0 Å². The summed E-state index contributed by atoms with van der Waals surface area (Å²) in [5.74, 6) is 0.232. The molecule has 0 radical (unpaired) electrons. The first-order valence-electron chi connectivity index (χ1n) is 6.31. The molecule has 0 aliphatic heterocycles. The second-order valence-corrected chi connectivity index (χ2v) is 5.48. The molecule has 0 saturated carbocycles. The molecule has 102 valence electrons. The monoisotopic (exact) mass is 269 g/mol. The predicted octanol–water partition coefficient (Wildman–Crippen LogP) is 0.137. The number of carbonyl (C=O) groups is 1. The van der Waals surface area contributed by atoms with Gasteiger partial charge in [-0.3, -0.25) is 4.79 Å². The molecule has 1 aromatic carbocycles. The Labute approximate surface area is 117 Å². The van der Waals surface area contributed by atoms with Crippen LogP contribution in [0.15, 0.2) is 30.3 Å².